The lowest BCUT2D eigenvalue weighted by Gasteiger charge is -2.20. The number of anilines is 1. The summed E-state index contributed by atoms with van der Waals surface area (Å²) in [7, 11) is 3.81. The third-order valence-corrected chi connectivity index (χ3v) is 4.13. The molecule has 1 aliphatic rings. The van der Waals surface area contributed by atoms with E-state index in [4.69, 9.17) is 0 Å². The highest BCUT2D eigenvalue weighted by Crippen LogP contribution is 2.23. The van der Waals surface area contributed by atoms with Crippen molar-refractivity contribution in [2.45, 2.75) is 19.8 Å². The Morgan fingerprint density at radius 1 is 1.13 bits per heavy atom. The minimum Gasteiger partial charge on any atom is -0.362 e. The zero-order chi connectivity index (χ0) is 16.4. The van der Waals surface area contributed by atoms with Crippen molar-refractivity contribution in [3.05, 3.63) is 41.6 Å². The highest BCUT2D eigenvalue weighted by atomic mass is 16.2. The predicted octanol–water partition coefficient (Wildman–Crippen LogP) is 2.75. The summed E-state index contributed by atoms with van der Waals surface area (Å²) < 4.78 is 0. The maximum absolute atomic E-state index is 12.7. The SMILES string of the molecule is Cc1ccc(-c2ncc(C(=O)N3CCCC3)c(N(C)C)n2)cc1. The van der Waals surface area contributed by atoms with Crippen molar-refractivity contribution in [3.63, 3.8) is 0 Å². The Kier molecular flexibility index (Phi) is 4.28. The molecule has 23 heavy (non-hydrogen) atoms. The van der Waals surface area contributed by atoms with Crippen LogP contribution in [0.4, 0.5) is 5.82 Å². The van der Waals surface area contributed by atoms with E-state index in [0.717, 1.165) is 31.5 Å². The van der Waals surface area contributed by atoms with Gasteiger partial charge in [0.05, 0.1) is 0 Å². The summed E-state index contributed by atoms with van der Waals surface area (Å²) in [5.41, 5.74) is 2.73. The molecule has 5 nitrogen and oxygen atoms in total. The van der Waals surface area contributed by atoms with Gasteiger partial charge in [-0.15, -0.1) is 0 Å². The number of aromatic nitrogens is 2. The maximum atomic E-state index is 12.7. The molecule has 1 saturated heterocycles. The smallest absolute Gasteiger partial charge is 0.259 e. The van der Waals surface area contributed by atoms with Crippen LogP contribution in [0.1, 0.15) is 28.8 Å². The number of amides is 1. The largest absolute Gasteiger partial charge is 0.362 e. The molecule has 2 heterocycles. The van der Waals surface area contributed by atoms with Gasteiger partial charge in [0, 0.05) is 38.9 Å². The van der Waals surface area contributed by atoms with E-state index in [1.54, 1.807) is 6.20 Å². The Balaban J connectivity index is 1.98. The van der Waals surface area contributed by atoms with Crippen LogP contribution in [-0.2, 0) is 0 Å². The fourth-order valence-corrected chi connectivity index (χ4v) is 2.80. The molecule has 1 fully saturated rings. The monoisotopic (exact) mass is 310 g/mol. The maximum Gasteiger partial charge on any atom is 0.259 e. The number of carbonyl (C=O) groups excluding carboxylic acids is 1. The number of nitrogens with zero attached hydrogens (tertiary/aromatic N) is 4. The molecule has 0 bridgehead atoms. The van der Waals surface area contributed by atoms with Gasteiger partial charge in [-0.3, -0.25) is 4.79 Å². The zero-order valence-corrected chi connectivity index (χ0v) is 13.9. The molecule has 2 aromatic rings. The van der Waals surface area contributed by atoms with Gasteiger partial charge in [-0.05, 0) is 19.8 Å². The van der Waals surface area contributed by atoms with Crippen molar-refractivity contribution in [2.75, 3.05) is 32.1 Å². The van der Waals surface area contributed by atoms with Gasteiger partial charge in [0.15, 0.2) is 5.82 Å². The van der Waals surface area contributed by atoms with Gasteiger partial charge < -0.3 is 9.80 Å². The number of carbonyl (C=O) groups is 1. The molecule has 1 amide bonds. The van der Waals surface area contributed by atoms with E-state index in [2.05, 4.69) is 9.97 Å². The minimum atomic E-state index is 0.0293. The normalized spacial score (nSPS) is 14.1. The first kappa shape index (κ1) is 15.5. The molecule has 1 aromatic carbocycles. The fourth-order valence-electron chi connectivity index (χ4n) is 2.80. The Morgan fingerprint density at radius 3 is 2.39 bits per heavy atom. The molecule has 0 unspecified atom stereocenters. The molecule has 120 valence electrons. The van der Waals surface area contributed by atoms with Crippen molar-refractivity contribution < 1.29 is 4.79 Å². The van der Waals surface area contributed by atoms with Gasteiger partial charge in [0.25, 0.3) is 5.91 Å². The van der Waals surface area contributed by atoms with E-state index >= 15 is 0 Å². The third kappa shape index (κ3) is 3.18. The van der Waals surface area contributed by atoms with Gasteiger partial charge in [0.1, 0.15) is 11.4 Å². The van der Waals surface area contributed by atoms with Crippen LogP contribution in [0.25, 0.3) is 11.4 Å². The average molecular weight is 310 g/mol. The summed E-state index contributed by atoms with van der Waals surface area (Å²) in [6.45, 7) is 3.70. The summed E-state index contributed by atoms with van der Waals surface area (Å²) in [6.07, 6.45) is 3.81. The Labute approximate surface area is 137 Å². The first-order chi connectivity index (χ1) is 11.1. The van der Waals surface area contributed by atoms with E-state index in [-0.39, 0.29) is 5.91 Å². The van der Waals surface area contributed by atoms with Crippen molar-refractivity contribution in [1.82, 2.24) is 14.9 Å². The summed E-state index contributed by atoms with van der Waals surface area (Å²) in [6, 6.07) is 8.09. The van der Waals surface area contributed by atoms with Gasteiger partial charge in [-0.25, -0.2) is 9.97 Å². The molecule has 0 spiro atoms. The molecule has 0 N–H and O–H groups in total. The van der Waals surface area contributed by atoms with Crippen molar-refractivity contribution in [2.24, 2.45) is 0 Å². The lowest BCUT2D eigenvalue weighted by atomic mass is 10.1. The van der Waals surface area contributed by atoms with Crippen LogP contribution in [0.3, 0.4) is 0 Å². The van der Waals surface area contributed by atoms with E-state index in [0.29, 0.717) is 17.2 Å². The molecule has 1 aromatic heterocycles. The minimum absolute atomic E-state index is 0.0293. The lowest BCUT2D eigenvalue weighted by molar-refractivity contribution is 0.0792. The van der Waals surface area contributed by atoms with Crippen molar-refractivity contribution >= 4 is 11.7 Å². The number of aryl methyl sites for hydroxylation is 1. The Morgan fingerprint density at radius 2 is 1.78 bits per heavy atom. The summed E-state index contributed by atoms with van der Waals surface area (Å²) in [5, 5.41) is 0. The first-order valence-electron chi connectivity index (χ1n) is 7.97. The van der Waals surface area contributed by atoms with Crippen LogP contribution < -0.4 is 4.90 Å². The summed E-state index contributed by atoms with van der Waals surface area (Å²) >= 11 is 0. The van der Waals surface area contributed by atoms with Crippen LogP contribution in [0.2, 0.25) is 0 Å². The molecular weight excluding hydrogens is 288 g/mol. The fraction of sp³-hybridized carbons (Fsp3) is 0.389. The highest BCUT2D eigenvalue weighted by Gasteiger charge is 2.24. The van der Waals surface area contributed by atoms with Gasteiger partial charge in [-0.2, -0.15) is 0 Å². The number of benzene rings is 1. The van der Waals surface area contributed by atoms with Crippen LogP contribution >= 0.6 is 0 Å². The van der Waals surface area contributed by atoms with E-state index in [1.165, 1.54) is 5.56 Å². The lowest BCUT2D eigenvalue weighted by Crippen LogP contribution is -2.30. The Hall–Kier alpha value is -2.43. The quantitative estimate of drug-likeness (QED) is 0.874. The predicted molar refractivity (Wildman–Crippen MR) is 91.7 cm³/mol. The molecule has 5 heteroatoms. The standard InChI is InChI=1S/C18H22N4O/c1-13-6-8-14(9-7-13)16-19-12-15(17(20-16)21(2)3)18(23)22-10-4-5-11-22/h6-9,12H,4-5,10-11H2,1-3H3. The van der Waals surface area contributed by atoms with Crippen LogP contribution in [0.5, 0.6) is 0 Å². The van der Waals surface area contributed by atoms with Crippen molar-refractivity contribution in [1.29, 1.82) is 0 Å². The topological polar surface area (TPSA) is 49.3 Å². The van der Waals surface area contributed by atoms with Crippen LogP contribution in [0, 0.1) is 6.92 Å². The molecule has 3 rings (SSSR count). The van der Waals surface area contributed by atoms with Crippen LogP contribution in [-0.4, -0.2) is 48.0 Å². The molecular formula is C18H22N4O. The summed E-state index contributed by atoms with van der Waals surface area (Å²) in [5.74, 6) is 1.35. The van der Waals surface area contributed by atoms with E-state index < -0.39 is 0 Å². The van der Waals surface area contributed by atoms with Gasteiger partial charge >= 0.3 is 0 Å². The highest BCUT2D eigenvalue weighted by molar-refractivity contribution is 5.99. The van der Waals surface area contributed by atoms with Crippen molar-refractivity contribution in [3.8, 4) is 11.4 Å². The van der Waals surface area contributed by atoms with Gasteiger partial charge in [0.2, 0.25) is 0 Å². The third-order valence-electron chi connectivity index (χ3n) is 4.13. The summed E-state index contributed by atoms with van der Waals surface area (Å²) in [4.78, 5) is 25.5. The average Bonchev–Trinajstić information content (AvgIpc) is 3.09. The number of rotatable bonds is 3. The Bertz CT molecular complexity index is 703. The first-order valence-corrected chi connectivity index (χ1v) is 7.97. The number of hydrogen-bond donors (Lipinski definition) is 0. The molecule has 0 atom stereocenters. The molecule has 0 aliphatic carbocycles. The van der Waals surface area contributed by atoms with E-state index in [9.17, 15) is 4.79 Å². The van der Waals surface area contributed by atoms with E-state index in [1.807, 2.05) is 55.1 Å². The molecule has 0 saturated carbocycles. The second-order valence-corrected chi connectivity index (χ2v) is 6.19. The molecule has 0 radical (unpaired) electrons. The number of likely N-dealkylation sites (tertiary alicyclic amines) is 1. The number of hydrogen-bond acceptors (Lipinski definition) is 4. The molecule has 1 aliphatic heterocycles. The van der Waals surface area contributed by atoms with Gasteiger partial charge in [-0.1, -0.05) is 29.8 Å². The second-order valence-electron chi connectivity index (χ2n) is 6.19. The second kappa shape index (κ2) is 6.36. The zero-order valence-electron chi connectivity index (χ0n) is 13.9. The van der Waals surface area contributed by atoms with Crippen LogP contribution in [0.15, 0.2) is 30.5 Å².